The van der Waals surface area contributed by atoms with Gasteiger partial charge in [0, 0.05) is 31.2 Å². The third kappa shape index (κ3) is 2.51. The molecule has 104 valence electrons. The topological polar surface area (TPSA) is 47.0 Å². The minimum atomic E-state index is 0.0217. The Kier molecular flexibility index (Phi) is 3.54. The number of nitrogens with zero attached hydrogens (tertiary/aromatic N) is 2. The van der Waals surface area contributed by atoms with Gasteiger partial charge in [-0.05, 0) is 25.7 Å². The van der Waals surface area contributed by atoms with Crippen molar-refractivity contribution in [3.8, 4) is 0 Å². The number of nitrogens with one attached hydrogen (secondary N) is 1. The maximum atomic E-state index is 5.86. The minimum Gasteiger partial charge on any atom is -0.370 e. The van der Waals surface area contributed by atoms with Gasteiger partial charge in [-0.25, -0.2) is 9.97 Å². The Hall–Kier alpha value is -1.00. The standard InChI is InChI=1S/C15H23N3O/c1-4-19-14(9(2)3)15-17-12-8-16-7-11(12)13(18-15)10-5-6-10/h9-10,14,16H,4-8H2,1-3H3. The lowest BCUT2D eigenvalue weighted by Gasteiger charge is -2.21. The molecule has 1 unspecified atom stereocenters. The summed E-state index contributed by atoms with van der Waals surface area (Å²) in [7, 11) is 0. The molecule has 1 aromatic heterocycles. The van der Waals surface area contributed by atoms with Crippen LogP contribution in [-0.4, -0.2) is 16.6 Å². The molecule has 2 heterocycles. The lowest BCUT2D eigenvalue weighted by atomic mass is 10.0. The SMILES string of the molecule is CCOC(c1nc2c(c(C3CC3)n1)CNC2)C(C)C. The van der Waals surface area contributed by atoms with Crippen LogP contribution < -0.4 is 5.32 Å². The van der Waals surface area contributed by atoms with Crippen LogP contribution in [0.25, 0.3) is 0 Å². The van der Waals surface area contributed by atoms with Gasteiger partial charge in [-0.3, -0.25) is 0 Å². The Bertz CT molecular complexity index is 469. The van der Waals surface area contributed by atoms with Crippen molar-refractivity contribution in [2.45, 2.75) is 58.7 Å². The molecule has 1 aromatic rings. The maximum absolute atomic E-state index is 5.86. The second-order valence-electron chi connectivity index (χ2n) is 5.89. The fraction of sp³-hybridized carbons (Fsp3) is 0.733. The minimum absolute atomic E-state index is 0.0217. The number of rotatable bonds is 5. The van der Waals surface area contributed by atoms with Crippen LogP contribution in [0.4, 0.5) is 0 Å². The molecule has 1 aliphatic carbocycles. The zero-order valence-corrected chi connectivity index (χ0v) is 12.1. The lowest BCUT2D eigenvalue weighted by Crippen LogP contribution is -2.17. The van der Waals surface area contributed by atoms with Gasteiger partial charge in [0.15, 0.2) is 5.82 Å². The van der Waals surface area contributed by atoms with Crippen molar-refractivity contribution in [1.29, 1.82) is 0 Å². The van der Waals surface area contributed by atoms with Crippen molar-refractivity contribution >= 4 is 0 Å². The highest BCUT2D eigenvalue weighted by atomic mass is 16.5. The zero-order valence-electron chi connectivity index (χ0n) is 12.1. The molecule has 1 saturated carbocycles. The first kappa shape index (κ1) is 13.0. The van der Waals surface area contributed by atoms with Gasteiger partial charge < -0.3 is 10.1 Å². The van der Waals surface area contributed by atoms with Crippen molar-refractivity contribution in [2.24, 2.45) is 5.92 Å². The number of hydrogen-bond donors (Lipinski definition) is 1. The smallest absolute Gasteiger partial charge is 0.157 e. The average molecular weight is 261 g/mol. The molecule has 1 N–H and O–H groups in total. The van der Waals surface area contributed by atoms with Crippen LogP contribution in [-0.2, 0) is 17.8 Å². The van der Waals surface area contributed by atoms with Crippen LogP contribution >= 0.6 is 0 Å². The third-order valence-electron chi connectivity index (χ3n) is 3.91. The van der Waals surface area contributed by atoms with E-state index in [0.717, 1.165) is 18.9 Å². The fourth-order valence-electron chi connectivity index (χ4n) is 2.78. The zero-order chi connectivity index (χ0) is 13.4. The fourth-order valence-corrected chi connectivity index (χ4v) is 2.78. The lowest BCUT2D eigenvalue weighted by molar-refractivity contribution is 0.0229. The predicted molar refractivity (Wildman–Crippen MR) is 73.8 cm³/mol. The van der Waals surface area contributed by atoms with Gasteiger partial charge in [0.05, 0.1) is 11.4 Å². The molecular weight excluding hydrogens is 238 g/mol. The Morgan fingerprint density at radius 3 is 2.68 bits per heavy atom. The van der Waals surface area contributed by atoms with E-state index in [1.807, 2.05) is 6.92 Å². The van der Waals surface area contributed by atoms with E-state index in [-0.39, 0.29) is 6.10 Å². The van der Waals surface area contributed by atoms with Crippen molar-refractivity contribution in [3.63, 3.8) is 0 Å². The predicted octanol–water partition coefficient (Wildman–Crippen LogP) is 2.69. The van der Waals surface area contributed by atoms with Gasteiger partial charge in [0.25, 0.3) is 0 Å². The monoisotopic (exact) mass is 261 g/mol. The van der Waals surface area contributed by atoms with Crippen LogP contribution in [0.1, 0.15) is 68.4 Å². The Balaban J connectivity index is 1.99. The first-order valence-electron chi connectivity index (χ1n) is 7.42. The van der Waals surface area contributed by atoms with Crippen LogP contribution in [0.5, 0.6) is 0 Å². The molecule has 4 nitrogen and oxygen atoms in total. The highest BCUT2D eigenvalue weighted by Crippen LogP contribution is 2.42. The van der Waals surface area contributed by atoms with E-state index in [0.29, 0.717) is 18.4 Å². The number of ether oxygens (including phenoxy) is 1. The number of fused-ring (bicyclic) bond motifs is 1. The molecule has 1 atom stereocenters. The Labute approximate surface area is 115 Å². The molecule has 0 aromatic carbocycles. The summed E-state index contributed by atoms with van der Waals surface area (Å²) < 4.78 is 5.86. The van der Waals surface area contributed by atoms with Gasteiger partial charge >= 0.3 is 0 Å². The summed E-state index contributed by atoms with van der Waals surface area (Å²) in [6, 6.07) is 0. The highest BCUT2D eigenvalue weighted by molar-refractivity contribution is 5.34. The first-order chi connectivity index (χ1) is 9.20. The van der Waals surface area contributed by atoms with Crippen molar-refractivity contribution in [1.82, 2.24) is 15.3 Å². The Morgan fingerprint density at radius 1 is 1.26 bits per heavy atom. The van der Waals surface area contributed by atoms with Crippen LogP contribution in [0, 0.1) is 5.92 Å². The summed E-state index contributed by atoms with van der Waals surface area (Å²) >= 11 is 0. The van der Waals surface area contributed by atoms with Crippen LogP contribution in [0.2, 0.25) is 0 Å². The molecule has 0 amide bonds. The molecular formula is C15H23N3O. The van der Waals surface area contributed by atoms with Gasteiger partial charge in [0.2, 0.25) is 0 Å². The molecule has 19 heavy (non-hydrogen) atoms. The maximum Gasteiger partial charge on any atom is 0.157 e. The van der Waals surface area contributed by atoms with E-state index in [1.54, 1.807) is 0 Å². The van der Waals surface area contributed by atoms with Crippen LogP contribution in [0.3, 0.4) is 0 Å². The summed E-state index contributed by atoms with van der Waals surface area (Å²) in [4.78, 5) is 9.64. The highest BCUT2D eigenvalue weighted by Gasteiger charge is 2.33. The molecule has 1 aliphatic heterocycles. The number of aromatic nitrogens is 2. The quantitative estimate of drug-likeness (QED) is 0.885. The molecule has 1 fully saturated rings. The van der Waals surface area contributed by atoms with Crippen molar-refractivity contribution in [2.75, 3.05) is 6.61 Å². The summed E-state index contributed by atoms with van der Waals surface area (Å²) in [5, 5.41) is 3.39. The Morgan fingerprint density at radius 2 is 2.05 bits per heavy atom. The van der Waals surface area contributed by atoms with Gasteiger partial charge in [0.1, 0.15) is 6.10 Å². The van der Waals surface area contributed by atoms with Gasteiger partial charge in [-0.1, -0.05) is 13.8 Å². The van der Waals surface area contributed by atoms with Gasteiger partial charge in [-0.2, -0.15) is 0 Å². The molecule has 4 heteroatoms. The van der Waals surface area contributed by atoms with E-state index in [4.69, 9.17) is 14.7 Å². The van der Waals surface area contributed by atoms with E-state index in [2.05, 4.69) is 19.2 Å². The summed E-state index contributed by atoms with van der Waals surface area (Å²) in [6.07, 6.45) is 2.58. The number of hydrogen-bond acceptors (Lipinski definition) is 4. The molecule has 2 aliphatic rings. The van der Waals surface area contributed by atoms with Gasteiger partial charge in [-0.15, -0.1) is 0 Å². The first-order valence-corrected chi connectivity index (χ1v) is 7.42. The normalized spacial score (nSPS) is 19.8. The second-order valence-corrected chi connectivity index (χ2v) is 5.89. The molecule has 0 radical (unpaired) electrons. The molecule has 0 bridgehead atoms. The largest absolute Gasteiger partial charge is 0.370 e. The molecule has 0 spiro atoms. The van der Waals surface area contributed by atoms with Crippen molar-refractivity contribution in [3.05, 3.63) is 22.8 Å². The summed E-state index contributed by atoms with van der Waals surface area (Å²) in [5.74, 6) is 1.96. The van der Waals surface area contributed by atoms with E-state index < -0.39 is 0 Å². The molecule has 3 rings (SSSR count). The summed E-state index contributed by atoms with van der Waals surface area (Å²) in [5.41, 5.74) is 3.83. The third-order valence-corrected chi connectivity index (χ3v) is 3.91. The second kappa shape index (κ2) is 5.17. The van der Waals surface area contributed by atoms with E-state index in [1.165, 1.54) is 29.8 Å². The van der Waals surface area contributed by atoms with E-state index >= 15 is 0 Å². The molecule has 0 saturated heterocycles. The van der Waals surface area contributed by atoms with Crippen LogP contribution in [0.15, 0.2) is 0 Å². The average Bonchev–Trinajstić information content (AvgIpc) is 3.12. The summed E-state index contributed by atoms with van der Waals surface area (Å²) in [6.45, 7) is 8.90. The van der Waals surface area contributed by atoms with Crippen molar-refractivity contribution < 1.29 is 4.74 Å². The van der Waals surface area contributed by atoms with E-state index in [9.17, 15) is 0 Å².